The van der Waals surface area contributed by atoms with Crippen LogP contribution in [0.25, 0.3) is 0 Å². The van der Waals surface area contributed by atoms with Crippen LogP contribution in [0.15, 0.2) is 18.2 Å². The molecule has 3 rings (SSSR count). The van der Waals surface area contributed by atoms with E-state index in [4.69, 9.17) is 0 Å². The molecule has 0 radical (unpaired) electrons. The van der Waals surface area contributed by atoms with E-state index in [0.717, 1.165) is 49.6 Å². The van der Waals surface area contributed by atoms with E-state index in [0.29, 0.717) is 5.54 Å². The van der Waals surface area contributed by atoms with Gasteiger partial charge in [0.25, 0.3) is 5.69 Å². The normalized spacial score (nSPS) is 24.5. The maximum atomic E-state index is 10.8. The number of piperidine rings is 1. The van der Waals surface area contributed by atoms with Crippen LogP contribution in [-0.4, -0.2) is 30.1 Å². The van der Waals surface area contributed by atoms with E-state index in [1.165, 1.54) is 0 Å². The van der Waals surface area contributed by atoms with Crippen molar-refractivity contribution in [1.29, 1.82) is 0 Å². The van der Waals surface area contributed by atoms with Gasteiger partial charge in [-0.2, -0.15) is 0 Å². The fraction of sp³-hybridized carbons (Fsp3) is 0.600. The predicted molar refractivity (Wildman–Crippen MR) is 79.2 cm³/mol. The van der Waals surface area contributed by atoms with Crippen molar-refractivity contribution >= 4 is 11.4 Å². The lowest BCUT2D eigenvalue weighted by atomic mass is 9.71. The van der Waals surface area contributed by atoms with Gasteiger partial charge < -0.3 is 10.2 Å². The Hall–Kier alpha value is -1.62. The van der Waals surface area contributed by atoms with E-state index in [-0.39, 0.29) is 10.6 Å². The molecular weight excluding hydrogens is 254 g/mol. The lowest BCUT2D eigenvalue weighted by Crippen LogP contribution is -2.67. The maximum absolute atomic E-state index is 10.8. The van der Waals surface area contributed by atoms with Crippen molar-refractivity contribution in [2.75, 3.05) is 24.5 Å². The van der Waals surface area contributed by atoms with Crippen molar-refractivity contribution in [3.05, 3.63) is 33.9 Å². The van der Waals surface area contributed by atoms with Gasteiger partial charge in [-0.3, -0.25) is 10.1 Å². The summed E-state index contributed by atoms with van der Waals surface area (Å²) in [6.45, 7) is 7.46. The number of nitrogens with zero attached hydrogens (tertiary/aromatic N) is 2. The Bertz CT molecular complexity index is 536. The quantitative estimate of drug-likeness (QED) is 0.665. The number of anilines is 1. The molecule has 1 unspecified atom stereocenters. The zero-order valence-corrected chi connectivity index (χ0v) is 12.1. The third-order valence-electron chi connectivity index (χ3n) is 5.09. The summed E-state index contributed by atoms with van der Waals surface area (Å²) in [5.41, 5.74) is 2.65. The fourth-order valence-electron chi connectivity index (χ4n) is 3.52. The van der Waals surface area contributed by atoms with Crippen LogP contribution in [0.4, 0.5) is 11.4 Å². The van der Waals surface area contributed by atoms with Crippen molar-refractivity contribution in [2.45, 2.75) is 32.2 Å². The summed E-state index contributed by atoms with van der Waals surface area (Å²) in [7, 11) is 0. The summed E-state index contributed by atoms with van der Waals surface area (Å²) in [6.07, 6.45) is 2.31. The first-order valence-electron chi connectivity index (χ1n) is 7.27. The summed E-state index contributed by atoms with van der Waals surface area (Å²) in [5.74, 6) is 0.766. The fourth-order valence-corrected chi connectivity index (χ4v) is 3.52. The molecule has 0 amide bonds. The predicted octanol–water partition coefficient (Wildman–Crippen LogP) is 2.48. The van der Waals surface area contributed by atoms with Gasteiger partial charge >= 0.3 is 0 Å². The van der Waals surface area contributed by atoms with Gasteiger partial charge in [0.1, 0.15) is 0 Å². The Morgan fingerprint density at radius 1 is 1.40 bits per heavy atom. The Balaban J connectivity index is 1.73. The van der Waals surface area contributed by atoms with Crippen LogP contribution >= 0.6 is 0 Å². The molecule has 0 aliphatic carbocycles. The molecule has 108 valence electrons. The lowest BCUT2D eigenvalue weighted by molar-refractivity contribution is -0.384. The molecule has 0 bridgehead atoms. The van der Waals surface area contributed by atoms with Gasteiger partial charge in [0, 0.05) is 36.4 Å². The largest absolute Gasteiger partial charge is 0.371 e. The molecule has 1 N–H and O–H groups in total. The second-order valence-corrected chi connectivity index (χ2v) is 6.15. The first kappa shape index (κ1) is 13.4. The molecule has 2 saturated heterocycles. The van der Waals surface area contributed by atoms with Crippen molar-refractivity contribution in [2.24, 2.45) is 5.92 Å². The van der Waals surface area contributed by atoms with Crippen LogP contribution in [-0.2, 0) is 0 Å². The van der Waals surface area contributed by atoms with Gasteiger partial charge in [0.15, 0.2) is 0 Å². The standard InChI is InChI=1S/C15H21N3O2/c1-11-9-13(18(19)20)3-4-14(11)17-7-5-15(6-8-17)12(2)10-16-15/h3-4,9,12,16H,5-8,10H2,1-2H3. The van der Waals surface area contributed by atoms with E-state index in [1.807, 2.05) is 13.0 Å². The average molecular weight is 275 g/mol. The summed E-state index contributed by atoms with van der Waals surface area (Å²) < 4.78 is 0. The summed E-state index contributed by atoms with van der Waals surface area (Å²) >= 11 is 0. The summed E-state index contributed by atoms with van der Waals surface area (Å²) in [6, 6.07) is 5.17. The highest BCUT2D eigenvalue weighted by atomic mass is 16.6. The van der Waals surface area contributed by atoms with Crippen molar-refractivity contribution in [3.63, 3.8) is 0 Å². The molecule has 2 aliphatic rings. The van der Waals surface area contributed by atoms with Gasteiger partial charge in [0.05, 0.1) is 4.92 Å². The van der Waals surface area contributed by atoms with Crippen LogP contribution in [0, 0.1) is 23.0 Å². The Kier molecular flexibility index (Phi) is 3.17. The van der Waals surface area contributed by atoms with Crippen molar-refractivity contribution < 1.29 is 4.92 Å². The molecule has 1 atom stereocenters. The summed E-state index contributed by atoms with van der Waals surface area (Å²) in [5, 5.41) is 14.4. The number of rotatable bonds is 2. The molecule has 0 aromatic heterocycles. The molecular formula is C15H21N3O2. The SMILES string of the molecule is Cc1cc([N+](=O)[O-])ccc1N1CCC2(CC1)NCC2C. The summed E-state index contributed by atoms with van der Waals surface area (Å²) in [4.78, 5) is 12.8. The number of nitro groups is 1. The van der Waals surface area contributed by atoms with E-state index >= 15 is 0 Å². The highest BCUT2D eigenvalue weighted by Gasteiger charge is 2.45. The van der Waals surface area contributed by atoms with Gasteiger partial charge in [-0.05, 0) is 43.9 Å². The van der Waals surface area contributed by atoms with E-state index in [2.05, 4.69) is 17.1 Å². The first-order chi connectivity index (χ1) is 9.52. The number of nitro benzene ring substituents is 1. The number of non-ortho nitro benzene ring substituents is 1. The monoisotopic (exact) mass is 275 g/mol. The molecule has 5 nitrogen and oxygen atoms in total. The second-order valence-electron chi connectivity index (χ2n) is 6.15. The van der Waals surface area contributed by atoms with E-state index in [9.17, 15) is 10.1 Å². The van der Waals surface area contributed by atoms with Gasteiger partial charge in [-0.15, -0.1) is 0 Å². The number of hydrogen-bond donors (Lipinski definition) is 1. The lowest BCUT2D eigenvalue weighted by Gasteiger charge is -2.54. The van der Waals surface area contributed by atoms with Crippen LogP contribution in [0.5, 0.6) is 0 Å². The number of benzene rings is 1. The number of hydrogen-bond acceptors (Lipinski definition) is 4. The molecule has 5 heteroatoms. The van der Waals surface area contributed by atoms with Crippen molar-refractivity contribution in [1.82, 2.24) is 5.32 Å². The molecule has 0 saturated carbocycles. The molecule has 1 spiro atoms. The smallest absolute Gasteiger partial charge is 0.269 e. The van der Waals surface area contributed by atoms with Gasteiger partial charge in [-0.25, -0.2) is 0 Å². The molecule has 2 heterocycles. The molecule has 20 heavy (non-hydrogen) atoms. The van der Waals surface area contributed by atoms with E-state index in [1.54, 1.807) is 12.1 Å². The minimum atomic E-state index is -0.331. The van der Waals surface area contributed by atoms with Crippen LogP contribution in [0.1, 0.15) is 25.3 Å². The second kappa shape index (κ2) is 4.74. The highest BCUT2D eigenvalue weighted by molar-refractivity contribution is 5.57. The Labute approximate surface area is 119 Å². The number of aryl methyl sites for hydroxylation is 1. The molecule has 2 aliphatic heterocycles. The molecule has 1 aromatic rings. The van der Waals surface area contributed by atoms with Crippen LogP contribution in [0.2, 0.25) is 0 Å². The third-order valence-corrected chi connectivity index (χ3v) is 5.09. The third kappa shape index (κ3) is 2.06. The van der Waals surface area contributed by atoms with Gasteiger partial charge in [-0.1, -0.05) is 6.92 Å². The van der Waals surface area contributed by atoms with Crippen molar-refractivity contribution in [3.8, 4) is 0 Å². The minimum Gasteiger partial charge on any atom is -0.371 e. The first-order valence-corrected chi connectivity index (χ1v) is 7.27. The number of nitrogens with one attached hydrogen (secondary N) is 1. The topological polar surface area (TPSA) is 58.4 Å². The molecule has 2 fully saturated rings. The maximum Gasteiger partial charge on any atom is 0.269 e. The minimum absolute atomic E-state index is 0.175. The van der Waals surface area contributed by atoms with Crippen LogP contribution in [0.3, 0.4) is 0 Å². The zero-order valence-electron chi connectivity index (χ0n) is 12.1. The van der Waals surface area contributed by atoms with E-state index < -0.39 is 0 Å². The van der Waals surface area contributed by atoms with Gasteiger partial charge in [0.2, 0.25) is 0 Å². The average Bonchev–Trinajstić information content (AvgIpc) is 2.45. The highest BCUT2D eigenvalue weighted by Crippen LogP contribution is 2.38. The Morgan fingerprint density at radius 2 is 2.10 bits per heavy atom. The van der Waals surface area contributed by atoms with Crippen LogP contribution < -0.4 is 10.2 Å². The Morgan fingerprint density at radius 3 is 2.55 bits per heavy atom. The zero-order chi connectivity index (χ0) is 14.3. The molecule has 1 aromatic carbocycles.